The minimum Gasteiger partial charge on any atom is -0.286 e. The van der Waals surface area contributed by atoms with Gasteiger partial charge >= 0.3 is 0 Å². The summed E-state index contributed by atoms with van der Waals surface area (Å²) in [6, 6.07) is 6.22. The fraction of sp³-hybridized carbons (Fsp3) is 0.200. The van der Waals surface area contributed by atoms with Crippen LogP contribution in [0.25, 0.3) is 10.9 Å². The first-order chi connectivity index (χ1) is 8.49. The van der Waals surface area contributed by atoms with Gasteiger partial charge in [-0.3, -0.25) is 9.98 Å². The molecule has 2 rings (SSSR count). The summed E-state index contributed by atoms with van der Waals surface area (Å²) in [6.45, 7) is 9.72. The molecule has 2 aromatic rings. The fourth-order valence-electron chi connectivity index (χ4n) is 1.92. The van der Waals surface area contributed by atoms with E-state index in [4.69, 9.17) is 5.41 Å². The zero-order valence-corrected chi connectivity index (χ0v) is 11.0. The Morgan fingerprint density at radius 3 is 2.78 bits per heavy atom. The zero-order chi connectivity index (χ0) is 13.3. The van der Waals surface area contributed by atoms with Gasteiger partial charge in [0.2, 0.25) is 5.96 Å². The van der Waals surface area contributed by atoms with Crippen molar-refractivity contribution in [3.8, 4) is 0 Å². The van der Waals surface area contributed by atoms with Crippen LogP contribution in [0.1, 0.15) is 18.1 Å². The Balaban J connectivity index is 2.52. The van der Waals surface area contributed by atoms with E-state index in [-0.39, 0.29) is 5.96 Å². The molecule has 0 bridgehead atoms. The summed E-state index contributed by atoms with van der Waals surface area (Å²) < 4.78 is 1.80. The first-order valence-corrected chi connectivity index (χ1v) is 5.86. The maximum absolute atomic E-state index is 8.00. The second kappa shape index (κ2) is 4.61. The van der Waals surface area contributed by atoms with E-state index in [9.17, 15) is 0 Å². The minimum atomic E-state index is 0.208. The van der Waals surface area contributed by atoms with Crippen molar-refractivity contribution in [1.82, 2.24) is 4.57 Å². The van der Waals surface area contributed by atoms with E-state index in [1.807, 2.05) is 32.2 Å². The predicted molar refractivity (Wildman–Crippen MR) is 77.8 cm³/mol. The number of rotatable bonds is 1. The van der Waals surface area contributed by atoms with Crippen LogP contribution in [0.15, 0.2) is 41.5 Å². The van der Waals surface area contributed by atoms with Gasteiger partial charge < -0.3 is 0 Å². The molecule has 1 aromatic heterocycles. The standard InChI is InChI=1S/C15H17N3/c1-10(2)8-17-15(16)18-9-12(4)13-7-11(3)5-6-14(13)18/h5-9,16H,1H2,2-4H3. The number of nitrogens with zero attached hydrogens (tertiary/aromatic N) is 2. The van der Waals surface area contributed by atoms with E-state index < -0.39 is 0 Å². The van der Waals surface area contributed by atoms with Crippen molar-refractivity contribution in [2.24, 2.45) is 4.99 Å². The monoisotopic (exact) mass is 239 g/mol. The van der Waals surface area contributed by atoms with Crippen LogP contribution >= 0.6 is 0 Å². The maximum atomic E-state index is 8.00. The lowest BCUT2D eigenvalue weighted by molar-refractivity contribution is 1.14. The van der Waals surface area contributed by atoms with Gasteiger partial charge in [-0.1, -0.05) is 18.2 Å². The van der Waals surface area contributed by atoms with Gasteiger partial charge in [-0.2, -0.15) is 0 Å². The van der Waals surface area contributed by atoms with E-state index in [1.54, 1.807) is 10.8 Å². The number of fused-ring (bicyclic) bond motifs is 1. The largest absolute Gasteiger partial charge is 0.286 e. The summed E-state index contributed by atoms with van der Waals surface area (Å²) in [7, 11) is 0. The molecule has 18 heavy (non-hydrogen) atoms. The number of aryl methyl sites for hydroxylation is 2. The van der Waals surface area contributed by atoms with Crippen LogP contribution in [0, 0.1) is 19.3 Å². The van der Waals surface area contributed by atoms with Crippen LogP contribution in [0.2, 0.25) is 0 Å². The van der Waals surface area contributed by atoms with E-state index in [2.05, 4.69) is 24.6 Å². The van der Waals surface area contributed by atoms with Crippen molar-refractivity contribution < 1.29 is 0 Å². The molecule has 0 saturated heterocycles. The van der Waals surface area contributed by atoms with E-state index in [1.165, 1.54) is 10.9 Å². The molecule has 1 N–H and O–H groups in total. The van der Waals surface area contributed by atoms with Crippen molar-refractivity contribution in [2.75, 3.05) is 0 Å². The topological polar surface area (TPSA) is 41.1 Å². The van der Waals surface area contributed by atoms with Gasteiger partial charge in [0.25, 0.3) is 0 Å². The van der Waals surface area contributed by atoms with Gasteiger partial charge in [-0.05, 0) is 44.0 Å². The molecule has 0 spiro atoms. The summed E-state index contributed by atoms with van der Waals surface area (Å²) in [5, 5.41) is 9.17. The van der Waals surface area contributed by atoms with Gasteiger partial charge in [-0.15, -0.1) is 0 Å². The van der Waals surface area contributed by atoms with E-state index >= 15 is 0 Å². The Labute approximate surface area is 107 Å². The summed E-state index contributed by atoms with van der Waals surface area (Å²) in [5.74, 6) is 0.208. The molecule has 0 saturated carbocycles. The molecule has 1 aromatic carbocycles. The number of allylic oxidation sites excluding steroid dienone is 1. The lowest BCUT2D eigenvalue weighted by Gasteiger charge is -2.02. The van der Waals surface area contributed by atoms with Crippen LogP contribution in [0.5, 0.6) is 0 Å². The average Bonchev–Trinajstić information content (AvgIpc) is 2.63. The predicted octanol–water partition coefficient (Wildman–Crippen LogP) is 3.69. The highest BCUT2D eigenvalue weighted by Gasteiger charge is 2.08. The van der Waals surface area contributed by atoms with Crippen LogP contribution in [-0.2, 0) is 0 Å². The lowest BCUT2D eigenvalue weighted by atomic mass is 10.1. The zero-order valence-electron chi connectivity index (χ0n) is 11.0. The Kier molecular flexibility index (Phi) is 3.15. The average molecular weight is 239 g/mol. The number of benzene rings is 1. The molecular weight excluding hydrogens is 222 g/mol. The van der Waals surface area contributed by atoms with Gasteiger partial charge in [0.05, 0.1) is 5.52 Å². The highest BCUT2D eigenvalue weighted by atomic mass is 15.1. The summed E-state index contributed by atoms with van der Waals surface area (Å²) in [6.07, 6.45) is 3.56. The third kappa shape index (κ3) is 2.25. The minimum absolute atomic E-state index is 0.208. The first-order valence-electron chi connectivity index (χ1n) is 5.86. The van der Waals surface area contributed by atoms with Crippen LogP contribution in [0.4, 0.5) is 0 Å². The fourth-order valence-corrected chi connectivity index (χ4v) is 1.92. The molecule has 0 atom stereocenters. The maximum Gasteiger partial charge on any atom is 0.226 e. The van der Waals surface area contributed by atoms with Crippen LogP contribution < -0.4 is 0 Å². The summed E-state index contributed by atoms with van der Waals surface area (Å²) in [4.78, 5) is 4.10. The molecule has 1 heterocycles. The van der Waals surface area contributed by atoms with Crippen molar-refractivity contribution >= 4 is 23.1 Å². The molecular formula is C15H17N3. The highest BCUT2D eigenvalue weighted by Crippen LogP contribution is 2.22. The van der Waals surface area contributed by atoms with Crippen molar-refractivity contribution in [3.05, 3.63) is 47.7 Å². The molecule has 0 aliphatic rings. The number of hydrogen-bond donors (Lipinski definition) is 1. The smallest absolute Gasteiger partial charge is 0.226 e. The molecule has 0 aliphatic heterocycles. The lowest BCUT2D eigenvalue weighted by Crippen LogP contribution is -2.06. The number of aromatic nitrogens is 1. The normalized spacial score (nSPS) is 11.3. The highest BCUT2D eigenvalue weighted by molar-refractivity contribution is 5.99. The van der Waals surface area contributed by atoms with Gasteiger partial charge in [0.15, 0.2) is 0 Å². The second-order valence-electron chi connectivity index (χ2n) is 4.63. The number of nitrogens with one attached hydrogen (secondary N) is 1. The van der Waals surface area contributed by atoms with E-state index in [0.717, 1.165) is 16.7 Å². The van der Waals surface area contributed by atoms with Crippen molar-refractivity contribution in [1.29, 1.82) is 5.41 Å². The van der Waals surface area contributed by atoms with Gasteiger partial charge in [0, 0.05) is 17.8 Å². The molecule has 3 heteroatoms. The van der Waals surface area contributed by atoms with Crippen LogP contribution in [0.3, 0.4) is 0 Å². The van der Waals surface area contributed by atoms with Crippen LogP contribution in [-0.4, -0.2) is 16.7 Å². The Morgan fingerprint density at radius 1 is 1.39 bits per heavy atom. The Bertz CT molecular complexity index is 660. The quantitative estimate of drug-likeness (QED) is 0.582. The Morgan fingerprint density at radius 2 is 2.11 bits per heavy atom. The molecule has 3 nitrogen and oxygen atoms in total. The summed E-state index contributed by atoms with van der Waals surface area (Å²) in [5.41, 5.74) is 4.23. The molecule has 0 amide bonds. The second-order valence-corrected chi connectivity index (χ2v) is 4.63. The Hall–Kier alpha value is -2.16. The van der Waals surface area contributed by atoms with E-state index in [0.29, 0.717) is 0 Å². The SMILES string of the molecule is C=C(C)C=NC(=N)n1cc(C)c2cc(C)ccc21. The first kappa shape index (κ1) is 12.3. The number of hydrogen-bond acceptors (Lipinski definition) is 1. The van der Waals surface area contributed by atoms with Crippen molar-refractivity contribution in [2.45, 2.75) is 20.8 Å². The summed E-state index contributed by atoms with van der Waals surface area (Å²) >= 11 is 0. The molecule has 0 radical (unpaired) electrons. The molecule has 0 aliphatic carbocycles. The molecule has 92 valence electrons. The number of aliphatic imine (C=N–C) groups is 1. The molecule has 0 fully saturated rings. The third-order valence-electron chi connectivity index (χ3n) is 2.79. The van der Waals surface area contributed by atoms with Gasteiger partial charge in [-0.25, -0.2) is 4.99 Å². The third-order valence-corrected chi connectivity index (χ3v) is 2.79. The van der Waals surface area contributed by atoms with Crippen molar-refractivity contribution in [3.63, 3.8) is 0 Å². The van der Waals surface area contributed by atoms with Gasteiger partial charge in [0.1, 0.15) is 0 Å². The molecule has 0 unspecified atom stereocenters.